The molecule has 0 atom stereocenters. The summed E-state index contributed by atoms with van der Waals surface area (Å²) in [5.41, 5.74) is 0. The van der Waals surface area contributed by atoms with Gasteiger partial charge in [0, 0.05) is 0 Å². The molecule has 0 heterocycles. The van der Waals surface area contributed by atoms with Crippen molar-refractivity contribution in [1.82, 2.24) is 0 Å². The van der Waals surface area contributed by atoms with Gasteiger partial charge in [-0.25, -0.2) is 0 Å². The van der Waals surface area contributed by atoms with Crippen molar-refractivity contribution in [1.29, 1.82) is 0 Å². The Balaban J connectivity index is 0. The van der Waals surface area contributed by atoms with Crippen LogP contribution in [0.4, 0.5) is 0 Å². The van der Waals surface area contributed by atoms with E-state index in [1.807, 2.05) is 30.3 Å². The Bertz CT molecular complexity index is 76.3. The first-order valence-electron chi connectivity index (χ1n) is 1.91. The zero-order valence-electron chi connectivity index (χ0n) is 4.89. The number of hydrogen-bond acceptors (Lipinski definition) is 0. The monoisotopic (exact) mass is 140 g/mol. The summed E-state index contributed by atoms with van der Waals surface area (Å²) in [7, 11) is 0. The third-order valence-corrected chi connectivity index (χ3v) is 0.607. The minimum absolute atomic E-state index is 0. The molecule has 8 heavy (non-hydrogen) atoms. The standard InChI is InChI=1S/C6H5.CH3.Ti/c1-2-4-6-5-3-1;;/h1-5H;1H3;/q2*-1;+2. The molecule has 0 aromatic heterocycles. The smallest absolute Gasteiger partial charge is 0.358 e. The van der Waals surface area contributed by atoms with Crippen LogP contribution in [0, 0.1) is 13.5 Å². The van der Waals surface area contributed by atoms with Crippen LogP contribution in [0.15, 0.2) is 30.3 Å². The molecule has 0 aliphatic heterocycles. The quantitative estimate of drug-likeness (QED) is 0.381. The molecule has 0 saturated heterocycles. The minimum atomic E-state index is 0. The van der Waals surface area contributed by atoms with Crippen molar-refractivity contribution in [3.05, 3.63) is 43.8 Å². The molecular weight excluding hydrogens is 132 g/mol. The van der Waals surface area contributed by atoms with Gasteiger partial charge in [-0.05, 0) is 0 Å². The van der Waals surface area contributed by atoms with Gasteiger partial charge in [0.15, 0.2) is 0 Å². The molecule has 1 aromatic carbocycles. The topological polar surface area (TPSA) is 0 Å². The minimum Gasteiger partial charge on any atom is -0.358 e. The molecule has 0 aliphatic rings. The Hall–Kier alpha value is -0.0657. The normalized spacial score (nSPS) is 6.00. The van der Waals surface area contributed by atoms with Crippen molar-refractivity contribution in [3.8, 4) is 0 Å². The van der Waals surface area contributed by atoms with Crippen molar-refractivity contribution >= 4 is 0 Å². The summed E-state index contributed by atoms with van der Waals surface area (Å²) in [5.74, 6) is 0. The maximum atomic E-state index is 2.89. The van der Waals surface area contributed by atoms with Crippen LogP contribution < -0.4 is 0 Å². The van der Waals surface area contributed by atoms with E-state index in [2.05, 4.69) is 6.07 Å². The SMILES string of the molecule is [CH3-].[Ti+2].[c-]1ccccc1. The van der Waals surface area contributed by atoms with Crippen LogP contribution in [0.1, 0.15) is 0 Å². The van der Waals surface area contributed by atoms with Crippen LogP contribution in [0.3, 0.4) is 0 Å². The van der Waals surface area contributed by atoms with Crippen molar-refractivity contribution in [3.63, 3.8) is 0 Å². The fraction of sp³-hybridized carbons (Fsp3) is 0. The number of hydrogen-bond donors (Lipinski definition) is 0. The van der Waals surface area contributed by atoms with Gasteiger partial charge in [-0.1, -0.05) is 0 Å². The first kappa shape index (κ1) is 10.8. The van der Waals surface area contributed by atoms with Crippen molar-refractivity contribution < 1.29 is 21.7 Å². The predicted octanol–water partition coefficient (Wildman–Crippen LogP) is 1.93. The summed E-state index contributed by atoms with van der Waals surface area (Å²) in [6.07, 6.45) is 0. The first-order valence-corrected chi connectivity index (χ1v) is 1.91. The number of benzene rings is 1. The molecule has 0 unspecified atom stereocenters. The van der Waals surface area contributed by atoms with E-state index < -0.39 is 0 Å². The molecule has 40 valence electrons. The van der Waals surface area contributed by atoms with Gasteiger partial charge in [0.2, 0.25) is 0 Å². The molecule has 0 saturated carbocycles. The summed E-state index contributed by atoms with van der Waals surface area (Å²) in [6, 6.07) is 12.5. The fourth-order valence-electron chi connectivity index (χ4n) is 0.342. The molecule has 1 aromatic rings. The summed E-state index contributed by atoms with van der Waals surface area (Å²) in [4.78, 5) is 0. The van der Waals surface area contributed by atoms with E-state index in [9.17, 15) is 0 Å². The largest absolute Gasteiger partial charge is 2.00 e. The zero-order chi connectivity index (χ0) is 4.24. The second kappa shape index (κ2) is 6.93. The van der Waals surface area contributed by atoms with Crippen molar-refractivity contribution in [2.75, 3.05) is 0 Å². The van der Waals surface area contributed by atoms with Crippen LogP contribution in [-0.2, 0) is 21.7 Å². The zero-order valence-corrected chi connectivity index (χ0v) is 6.45. The van der Waals surface area contributed by atoms with Gasteiger partial charge in [-0.3, -0.25) is 0 Å². The molecule has 0 spiro atoms. The van der Waals surface area contributed by atoms with E-state index in [0.29, 0.717) is 0 Å². The Morgan fingerprint density at radius 1 is 0.875 bits per heavy atom. The average molecular weight is 140 g/mol. The van der Waals surface area contributed by atoms with Crippen molar-refractivity contribution in [2.45, 2.75) is 0 Å². The predicted molar refractivity (Wildman–Crippen MR) is 31.7 cm³/mol. The molecule has 0 bridgehead atoms. The van der Waals surface area contributed by atoms with Crippen LogP contribution >= 0.6 is 0 Å². The van der Waals surface area contributed by atoms with E-state index in [1.165, 1.54) is 0 Å². The van der Waals surface area contributed by atoms with E-state index in [1.54, 1.807) is 0 Å². The Labute approximate surface area is 65.8 Å². The molecule has 0 fully saturated rings. The maximum Gasteiger partial charge on any atom is 2.00 e. The summed E-state index contributed by atoms with van der Waals surface area (Å²) in [5, 5.41) is 0. The average Bonchev–Trinajstić information content (AvgIpc) is 1.72. The van der Waals surface area contributed by atoms with E-state index in [-0.39, 0.29) is 29.1 Å². The Kier molecular flexibility index (Phi) is 9.39. The second-order valence-corrected chi connectivity index (χ2v) is 1.08. The van der Waals surface area contributed by atoms with E-state index in [4.69, 9.17) is 0 Å². The molecule has 0 nitrogen and oxygen atoms in total. The van der Waals surface area contributed by atoms with Gasteiger partial charge in [0.1, 0.15) is 0 Å². The van der Waals surface area contributed by atoms with Crippen LogP contribution in [0.5, 0.6) is 0 Å². The van der Waals surface area contributed by atoms with Crippen LogP contribution in [0.25, 0.3) is 0 Å². The molecule has 0 amide bonds. The molecule has 1 heteroatoms. The summed E-state index contributed by atoms with van der Waals surface area (Å²) in [6.45, 7) is 0. The second-order valence-electron chi connectivity index (χ2n) is 1.08. The third kappa shape index (κ3) is 4.10. The molecule has 1 rings (SSSR count). The van der Waals surface area contributed by atoms with Crippen LogP contribution in [0.2, 0.25) is 0 Å². The maximum absolute atomic E-state index is 2.89. The van der Waals surface area contributed by atoms with Gasteiger partial charge in [0.05, 0.1) is 0 Å². The van der Waals surface area contributed by atoms with Crippen molar-refractivity contribution in [2.24, 2.45) is 0 Å². The molecular formula is C7H8Ti. The van der Waals surface area contributed by atoms with Gasteiger partial charge in [-0.15, -0.1) is 0 Å². The third-order valence-electron chi connectivity index (χ3n) is 0.607. The van der Waals surface area contributed by atoms with E-state index >= 15 is 0 Å². The van der Waals surface area contributed by atoms with Gasteiger partial charge < -0.3 is 7.43 Å². The van der Waals surface area contributed by atoms with Crippen LogP contribution in [-0.4, -0.2) is 0 Å². The first-order chi connectivity index (χ1) is 3.00. The Morgan fingerprint density at radius 3 is 1.50 bits per heavy atom. The van der Waals surface area contributed by atoms with E-state index in [0.717, 1.165) is 0 Å². The van der Waals surface area contributed by atoms with Gasteiger partial charge >= 0.3 is 21.7 Å². The van der Waals surface area contributed by atoms with Gasteiger partial charge in [-0.2, -0.15) is 36.4 Å². The molecule has 0 N–H and O–H groups in total. The summed E-state index contributed by atoms with van der Waals surface area (Å²) < 4.78 is 0. The summed E-state index contributed by atoms with van der Waals surface area (Å²) >= 11 is 0. The molecule has 0 radical (unpaired) electrons. The number of rotatable bonds is 0. The fourth-order valence-corrected chi connectivity index (χ4v) is 0.342. The Morgan fingerprint density at radius 2 is 1.38 bits per heavy atom. The van der Waals surface area contributed by atoms with Gasteiger partial charge in [0.25, 0.3) is 0 Å². The molecule has 0 aliphatic carbocycles.